The van der Waals surface area contributed by atoms with Crippen molar-refractivity contribution in [3.8, 4) is 11.1 Å². The molecule has 0 bridgehead atoms. The molecule has 2 aromatic heterocycles. The van der Waals surface area contributed by atoms with Crippen molar-refractivity contribution >= 4 is 28.4 Å². The number of benzene rings is 2. The molecule has 0 aliphatic heterocycles. The lowest BCUT2D eigenvalue weighted by Gasteiger charge is -2.18. The highest BCUT2D eigenvalue weighted by molar-refractivity contribution is 6.37. The minimum atomic E-state index is -0.978. The Kier molecular flexibility index (Phi) is 6.56. The molecule has 0 aliphatic rings. The van der Waals surface area contributed by atoms with Crippen LogP contribution in [0.25, 0.3) is 22.0 Å². The van der Waals surface area contributed by atoms with Crippen molar-refractivity contribution in [3.05, 3.63) is 92.0 Å². The van der Waals surface area contributed by atoms with Gasteiger partial charge in [0, 0.05) is 28.9 Å². The molecule has 4 aromatic rings. The molecule has 5 nitrogen and oxygen atoms in total. The fourth-order valence-corrected chi connectivity index (χ4v) is 4.84. The number of amides is 1. The molecule has 8 heteroatoms. The summed E-state index contributed by atoms with van der Waals surface area (Å²) in [5.74, 6) is -2.36. The molecule has 0 spiro atoms. The van der Waals surface area contributed by atoms with Crippen LogP contribution in [0.5, 0.6) is 0 Å². The number of rotatable bonds is 5. The summed E-state index contributed by atoms with van der Waals surface area (Å²) >= 11 is 6.57. The minimum Gasteiger partial charge on any atom is -0.345 e. The lowest BCUT2D eigenvalue weighted by molar-refractivity contribution is 0.0941. The summed E-state index contributed by atoms with van der Waals surface area (Å²) in [6, 6.07) is 8.33. The average Bonchev–Trinajstić information content (AvgIpc) is 3.11. The largest absolute Gasteiger partial charge is 0.345 e. The zero-order valence-corrected chi connectivity index (χ0v) is 20.8. The topological polar surface area (TPSA) is 66.9 Å². The Labute approximate surface area is 206 Å². The summed E-state index contributed by atoms with van der Waals surface area (Å²) in [5.41, 5.74) is 3.62. The van der Waals surface area contributed by atoms with Crippen molar-refractivity contribution in [1.29, 1.82) is 0 Å². The van der Waals surface area contributed by atoms with Crippen LogP contribution in [0.15, 0.2) is 47.4 Å². The fourth-order valence-electron chi connectivity index (χ4n) is 4.54. The highest BCUT2D eigenvalue weighted by Crippen LogP contribution is 2.36. The zero-order valence-electron chi connectivity index (χ0n) is 20.1. The van der Waals surface area contributed by atoms with Crippen molar-refractivity contribution in [2.24, 2.45) is 0 Å². The SMILES string of the molecule is Cc1cc(C)c(C(C)NC(=O)c2cc(-c3ccc(F)c(F)c3)cc3c2c(Cl)cn3C(C)C)c(=O)[nH]1. The molecule has 2 N–H and O–H groups in total. The first kappa shape index (κ1) is 24.7. The third kappa shape index (κ3) is 4.60. The number of nitrogens with one attached hydrogen (secondary N) is 2. The van der Waals surface area contributed by atoms with E-state index in [-0.39, 0.29) is 17.2 Å². The van der Waals surface area contributed by atoms with E-state index in [2.05, 4.69) is 10.3 Å². The van der Waals surface area contributed by atoms with E-state index in [1.807, 2.05) is 37.5 Å². The summed E-state index contributed by atoms with van der Waals surface area (Å²) < 4.78 is 29.5. The summed E-state index contributed by atoms with van der Waals surface area (Å²) in [7, 11) is 0. The van der Waals surface area contributed by atoms with Gasteiger partial charge < -0.3 is 14.9 Å². The molecule has 1 amide bonds. The maximum atomic E-state index is 14.0. The number of H-pyrrole nitrogens is 1. The summed E-state index contributed by atoms with van der Waals surface area (Å²) in [5, 5.41) is 3.85. The molecular weight excluding hydrogens is 472 g/mol. The maximum Gasteiger partial charge on any atom is 0.253 e. The van der Waals surface area contributed by atoms with E-state index in [9.17, 15) is 18.4 Å². The van der Waals surface area contributed by atoms with Crippen LogP contribution in [-0.2, 0) is 0 Å². The fraction of sp³-hybridized carbons (Fsp3) is 0.259. The first-order valence-electron chi connectivity index (χ1n) is 11.3. The molecule has 35 heavy (non-hydrogen) atoms. The van der Waals surface area contributed by atoms with E-state index in [0.29, 0.717) is 32.6 Å². The minimum absolute atomic E-state index is 0.0359. The number of carbonyl (C=O) groups excluding carboxylic acids is 1. The quantitative estimate of drug-likeness (QED) is 0.325. The Hall–Kier alpha value is -3.45. The van der Waals surface area contributed by atoms with Gasteiger partial charge in [0.25, 0.3) is 11.5 Å². The second kappa shape index (κ2) is 9.30. The van der Waals surface area contributed by atoms with Gasteiger partial charge >= 0.3 is 0 Å². The van der Waals surface area contributed by atoms with Gasteiger partial charge in [-0.05, 0) is 81.6 Å². The second-order valence-corrected chi connectivity index (χ2v) is 9.51. The number of aromatic amines is 1. The van der Waals surface area contributed by atoms with Crippen LogP contribution in [0, 0.1) is 25.5 Å². The van der Waals surface area contributed by atoms with E-state index in [0.717, 1.165) is 23.4 Å². The Morgan fingerprint density at radius 3 is 2.37 bits per heavy atom. The first-order valence-corrected chi connectivity index (χ1v) is 11.7. The molecule has 1 atom stereocenters. The number of aryl methyl sites for hydroxylation is 2. The van der Waals surface area contributed by atoms with Crippen LogP contribution in [0.2, 0.25) is 5.02 Å². The lowest BCUT2D eigenvalue weighted by Crippen LogP contribution is -2.31. The van der Waals surface area contributed by atoms with Gasteiger partial charge in [0.05, 0.1) is 22.1 Å². The highest BCUT2D eigenvalue weighted by atomic mass is 35.5. The molecule has 0 aliphatic carbocycles. The van der Waals surface area contributed by atoms with Gasteiger partial charge in [-0.2, -0.15) is 0 Å². The van der Waals surface area contributed by atoms with E-state index in [1.54, 1.807) is 26.1 Å². The molecule has 0 saturated heterocycles. The van der Waals surface area contributed by atoms with Gasteiger partial charge in [0.2, 0.25) is 0 Å². The maximum absolute atomic E-state index is 14.0. The monoisotopic (exact) mass is 497 g/mol. The molecule has 182 valence electrons. The van der Waals surface area contributed by atoms with Crippen LogP contribution in [0.1, 0.15) is 60.0 Å². The van der Waals surface area contributed by atoms with Crippen LogP contribution < -0.4 is 10.9 Å². The highest BCUT2D eigenvalue weighted by Gasteiger charge is 2.23. The van der Waals surface area contributed by atoms with E-state index in [4.69, 9.17) is 11.6 Å². The molecule has 0 saturated carbocycles. The molecule has 2 aromatic carbocycles. The molecule has 0 radical (unpaired) electrons. The number of hydrogen-bond acceptors (Lipinski definition) is 2. The molecule has 2 heterocycles. The van der Waals surface area contributed by atoms with Gasteiger partial charge in [0.15, 0.2) is 11.6 Å². The van der Waals surface area contributed by atoms with Crippen molar-refractivity contribution in [2.75, 3.05) is 0 Å². The Balaban J connectivity index is 1.86. The average molecular weight is 498 g/mol. The number of nitrogens with zero attached hydrogens (tertiary/aromatic N) is 1. The van der Waals surface area contributed by atoms with Gasteiger partial charge in [-0.25, -0.2) is 8.78 Å². The third-order valence-electron chi connectivity index (χ3n) is 6.13. The Morgan fingerprint density at radius 1 is 1.03 bits per heavy atom. The van der Waals surface area contributed by atoms with Gasteiger partial charge in [-0.1, -0.05) is 17.7 Å². The summed E-state index contributed by atoms with van der Waals surface area (Å²) in [4.78, 5) is 28.9. The third-order valence-corrected chi connectivity index (χ3v) is 6.42. The lowest BCUT2D eigenvalue weighted by atomic mass is 9.98. The molecule has 0 fully saturated rings. The Bertz CT molecular complexity index is 1520. The van der Waals surface area contributed by atoms with Gasteiger partial charge in [-0.15, -0.1) is 0 Å². The van der Waals surface area contributed by atoms with Crippen LogP contribution in [0.3, 0.4) is 0 Å². The standard InChI is InChI=1S/C27H26ClF2N3O2/c1-13(2)33-12-20(28)25-19(9-18(11-23(25)33)17-6-7-21(29)22(30)10-17)26(34)32-16(5)24-14(3)8-15(4)31-27(24)35/h6-13,16H,1-5H3,(H,31,35)(H,32,34). The van der Waals surface area contributed by atoms with Crippen molar-refractivity contribution < 1.29 is 13.6 Å². The number of aromatic nitrogens is 2. The van der Waals surface area contributed by atoms with E-state index >= 15 is 0 Å². The predicted molar refractivity (Wildman–Crippen MR) is 135 cm³/mol. The van der Waals surface area contributed by atoms with E-state index < -0.39 is 23.6 Å². The Morgan fingerprint density at radius 2 is 1.74 bits per heavy atom. The molecule has 1 unspecified atom stereocenters. The summed E-state index contributed by atoms with van der Waals surface area (Å²) in [6.07, 6.45) is 1.75. The zero-order chi connectivity index (χ0) is 25.6. The van der Waals surface area contributed by atoms with Crippen LogP contribution in [0.4, 0.5) is 8.78 Å². The summed E-state index contributed by atoms with van der Waals surface area (Å²) in [6.45, 7) is 9.32. The van der Waals surface area contributed by atoms with Crippen LogP contribution >= 0.6 is 11.6 Å². The van der Waals surface area contributed by atoms with Gasteiger partial charge in [0.1, 0.15) is 0 Å². The number of pyridine rings is 1. The normalized spacial score (nSPS) is 12.4. The molecule has 4 rings (SSSR count). The number of fused-ring (bicyclic) bond motifs is 1. The first-order chi connectivity index (χ1) is 16.5. The predicted octanol–water partition coefficient (Wildman–Crippen LogP) is 6.62. The van der Waals surface area contributed by atoms with Gasteiger partial charge in [-0.3, -0.25) is 9.59 Å². The number of carbonyl (C=O) groups is 1. The smallest absolute Gasteiger partial charge is 0.253 e. The van der Waals surface area contributed by atoms with Crippen LogP contribution in [-0.4, -0.2) is 15.5 Å². The van der Waals surface area contributed by atoms with Crippen molar-refractivity contribution in [3.63, 3.8) is 0 Å². The number of hydrogen-bond donors (Lipinski definition) is 2. The van der Waals surface area contributed by atoms with Crippen molar-refractivity contribution in [2.45, 2.75) is 46.7 Å². The van der Waals surface area contributed by atoms with E-state index in [1.165, 1.54) is 6.07 Å². The number of halogens is 3. The second-order valence-electron chi connectivity index (χ2n) is 9.10. The van der Waals surface area contributed by atoms with Crippen molar-refractivity contribution in [1.82, 2.24) is 14.9 Å². The molecular formula is C27H26ClF2N3O2.